The predicted octanol–water partition coefficient (Wildman–Crippen LogP) is 2.12. The summed E-state index contributed by atoms with van der Waals surface area (Å²) in [5.41, 5.74) is 0. The normalized spacial score (nSPS) is 19.7. The maximum atomic E-state index is 11.7. The zero-order chi connectivity index (χ0) is 10.6. The first kappa shape index (κ1) is 11.8. The van der Waals surface area contributed by atoms with Crippen molar-refractivity contribution in [1.82, 2.24) is 0 Å². The molecular formula is C9H15F3O2. The molecule has 1 saturated carbocycles. The molecule has 0 aromatic carbocycles. The largest absolute Gasteiger partial charge is 0.390 e. The van der Waals surface area contributed by atoms with Gasteiger partial charge in [0.15, 0.2) is 0 Å². The highest BCUT2D eigenvalue weighted by Crippen LogP contribution is 2.32. The number of rotatable bonds is 6. The van der Waals surface area contributed by atoms with E-state index in [4.69, 9.17) is 4.74 Å². The number of hydrogen-bond acceptors (Lipinski definition) is 2. The lowest BCUT2D eigenvalue weighted by molar-refractivity contribution is -0.138. The average Bonchev–Trinajstić information content (AvgIpc) is 2.83. The number of hydrogen-bond donors (Lipinski definition) is 1. The summed E-state index contributed by atoms with van der Waals surface area (Å²) in [6.07, 6.45) is -3.41. The molecule has 2 nitrogen and oxygen atoms in total. The Morgan fingerprint density at radius 2 is 2.00 bits per heavy atom. The molecule has 84 valence electrons. The van der Waals surface area contributed by atoms with Crippen LogP contribution in [0.4, 0.5) is 13.2 Å². The minimum absolute atomic E-state index is 0.0269. The summed E-state index contributed by atoms with van der Waals surface area (Å²) in [6, 6.07) is 0. The van der Waals surface area contributed by atoms with E-state index in [9.17, 15) is 18.3 Å². The van der Waals surface area contributed by atoms with Gasteiger partial charge in [-0.15, -0.1) is 0 Å². The first-order valence-electron chi connectivity index (χ1n) is 4.81. The lowest BCUT2D eigenvalue weighted by atomic mass is 10.2. The molecule has 0 aliphatic heterocycles. The lowest BCUT2D eigenvalue weighted by Crippen LogP contribution is -2.18. The molecule has 14 heavy (non-hydrogen) atoms. The van der Waals surface area contributed by atoms with Gasteiger partial charge in [0.25, 0.3) is 0 Å². The van der Waals surface area contributed by atoms with E-state index in [0.717, 1.165) is 12.8 Å². The topological polar surface area (TPSA) is 29.5 Å². The summed E-state index contributed by atoms with van der Waals surface area (Å²) in [5.74, 6) is 0.317. The first-order chi connectivity index (χ1) is 6.49. The van der Waals surface area contributed by atoms with Crippen LogP contribution < -0.4 is 0 Å². The fourth-order valence-electron chi connectivity index (χ4n) is 1.20. The van der Waals surface area contributed by atoms with Crippen molar-refractivity contribution in [2.24, 2.45) is 5.92 Å². The Kier molecular flexibility index (Phi) is 4.19. The molecule has 0 aromatic heterocycles. The Morgan fingerprint density at radius 3 is 2.50 bits per heavy atom. The molecule has 0 spiro atoms. The number of aliphatic hydroxyl groups excluding tert-OH is 1. The fourth-order valence-corrected chi connectivity index (χ4v) is 1.20. The number of alkyl halides is 3. The maximum absolute atomic E-state index is 11.7. The van der Waals surface area contributed by atoms with Gasteiger partial charge in [-0.2, -0.15) is 13.2 Å². The molecule has 0 saturated heterocycles. The first-order valence-corrected chi connectivity index (χ1v) is 4.81. The Labute approximate surface area is 81.1 Å². The second kappa shape index (κ2) is 4.98. The molecule has 0 radical (unpaired) electrons. The number of aliphatic hydroxyl groups is 1. The van der Waals surface area contributed by atoms with Gasteiger partial charge in [-0.3, -0.25) is 0 Å². The minimum Gasteiger partial charge on any atom is -0.390 e. The second-order valence-corrected chi connectivity index (χ2v) is 3.70. The molecule has 1 aliphatic carbocycles. The summed E-state index contributed by atoms with van der Waals surface area (Å²) in [7, 11) is 0. The smallest absolute Gasteiger partial charge is 0.389 e. The minimum atomic E-state index is -4.10. The Bertz CT molecular complexity index is 166. The highest BCUT2D eigenvalue weighted by atomic mass is 19.4. The van der Waals surface area contributed by atoms with Crippen molar-refractivity contribution in [2.45, 2.75) is 38.0 Å². The van der Waals surface area contributed by atoms with Gasteiger partial charge >= 0.3 is 6.18 Å². The number of ether oxygens (including phenoxy) is 1. The second-order valence-electron chi connectivity index (χ2n) is 3.70. The van der Waals surface area contributed by atoms with Gasteiger partial charge in [0.1, 0.15) is 0 Å². The molecule has 0 amide bonds. The molecular weight excluding hydrogens is 197 g/mol. The summed E-state index contributed by atoms with van der Waals surface area (Å²) in [5, 5.41) is 9.30. The molecule has 1 unspecified atom stereocenters. The van der Waals surface area contributed by atoms with Gasteiger partial charge in [-0.1, -0.05) is 0 Å². The van der Waals surface area contributed by atoms with E-state index in [1.807, 2.05) is 0 Å². The van der Waals surface area contributed by atoms with Gasteiger partial charge in [0.2, 0.25) is 0 Å². The summed E-state index contributed by atoms with van der Waals surface area (Å²) < 4.78 is 40.0. The Hall–Kier alpha value is -0.290. The van der Waals surface area contributed by atoms with Crippen LogP contribution in [-0.2, 0) is 4.74 Å². The van der Waals surface area contributed by atoms with Crippen molar-refractivity contribution in [2.75, 3.05) is 13.2 Å². The van der Waals surface area contributed by atoms with E-state index in [1.165, 1.54) is 0 Å². The lowest BCUT2D eigenvalue weighted by Gasteiger charge is -2.10. The van der Waals surface area contributed by atoms with Gasteiger partial charge in [-0.05, 0) is 25.2 Å². The summed E-state index contributed by atoms with van der Waals surface area (Å²) >= 11 is 0. The Balaban J connectivity index is 1.88. The van der Waals surface area contributed by atoms with E-state index >= 15 is 0 Å². The van der Waals surface area contributed by atoms with Crippen molar-refractivity contribution < 1.29 is 23.0 Å². The molecule has 1 fully saturated rings. The molecule has 5 heteroatoms. The van der Waals surface area contributed by atoms with Crippen molar-refractivity contribution in [3.63, 3.8) is 0 Å². The van der Waals surface area contributed by atoms with Crippen LogP contribution in [0.25, 0.3) is 0 Å². The molecule has 0 heterocycles. The van der Waals surface area contributed by atoms with Crippen molar-refractivity contribution in [3.05, 3.63) is 0 Å². The van der Waals surface area contributed by atoms with Gasteiger partial charge in [-0.25, -0.2) is 0 Å². The van der Waals surface area contributed by atoms with Crippen LogP contribution >= 0.6 is 0 Å². The highest BCUT2D eigenvalue weighted by molar-refractivity contribution is 4.80. The third-order valence-electron chi connectivity index (χ3n) is 2.20. The van der Waals surface area contributed by atoms with E-state index in [1.54, 1.807) is 0 Å². The predicted molar refractivity (Wildman–Crippen MR) is 44.8 cm³/mol. The third-order valence-corrected chi connectivity index (χ3v) is 2.20. The van der Waals surface area contributed by atoms with Crippen LogP contribution in [0.1, 0.15) is 25.7 Å². The molecule has 1 atom stereocenters. The molecule has 0 bridgehead atoms. The fraction of sp³-hybridized carbons (Fsp3) is 1.00. The van der Waals surface area contributed by atoms with E-state index in [2.05, 4.69) is 0 Å². The summed E-state index contributed by atoms with van der Waals surface area (Å²) in [4.78, 5) is 0. The van der Waals surface area contributed by atoms with Crippen molar-refractivity contribution in [1.29, 1.82) is 0 Å². The van der Waals surface area contributed by atoms with Crippen LogP contribution in [0.5, 0.6) is 0 Å². The zero-order valence-electron chi connectivity index (χ0n) is 7.89. The molecule has 1 aliphatic rings. The monoisotopic (exact) mass is 212 g/mol. The average molecular weight is 212 g/mol. The van der Waals surface area contributed by atoms with Crippen LogP contribution in [0.2, 0.25) is 0 Å². The zero-order valence-corrected chi connectivity index (χ0v) is 7.89. The SMILES string of the molecule is OC(COCCCC(F)(F)F)C1CC1. The standard InChI is InChI=1S/C9H15F3O2/c10-9(11,12)4-1-5-14-6-8(13)7-2-3-7/h7-8,13H,1-6H2. The van der Waals surface area contributed by atoms with Gasteiger partial charge in [0.05, 0.1) is 12.7 Å². The van der Waals surface area contributed by atoms with E-state index < -0.39 is 18.7 Å². The highest BCUT2D eigenvalue weighted by Gasteiger charge is 2.30. The number of halogens is 3. The van der Waals surface area contributed by atoms with Crippen LogP contribution in [-0.4, -0.2) is 30.6 Å². The van der Waals surface area contributed by atoms with Crippen molar-refractivity contribution >= 4 is 0 Å². The quantitative estimate of drug-likeness (QED) is 0.683. The maximum Gasteiger partial charge on any atom is 0.389 e. The van der Waals surface area contributed by atoms with Gasteiger partial charge < -0.3 is 9.84 Å². The van der Waals surface area contributed by atoms with Crippen LogP contribution in [0, 0.1) is 5.92 Å². The molecule has 1 N–H and O–H groups in total. The van der Waals surface area contributed by atoms with E-state index in [0.29, 0.717) is 5.92 Å². The molecule has 0 aromatic rings. The molecule has 1 rings (SSSR count). The van der Waals surface area contributed by atoms with Crippen molar-refractivity contribution in [3.8, 4) is 0 Å². The Morgan fingerprint density at radius 1 is 1.36 bits per heavy atom. The third kappa shape index (κ3) is 5.44. The van der Waals surface area contributed by atoms with E-state index in [-0.39, 0.29) is 19.6 Å². The van der Waals surface area contributed by atoms with Crippen LogP contribution in [0.15, 0.2) is 0 Å². The summed E-state index contributed by atoms with van der Waals surface area (Å²) in [6.45, 7) is 0.242. The van der Waals surface area contributed by atoms with Gasteiger partial charge in [0, 0.05) is 13.0 Å². The van der Waals surface area contributed by atoms with Crippen LogP contribution in [0.3, 0.4) is 0 Å².